The van der Waals surface area contributed by atoms with Crippen LogP contribution in [0.25, 0.3) is 11.0 Å². The van der Waals surface area contributed by atoms with Crippen molar-refractivity contribution in [3.63, 3.8) is 0 Å². The average molecular weight is 412 g/mol. The molecule has 0 saturated heterocycles. The number of fused-ring (bicyclic) bond motifs is 1. The molecule has 0 atom stereocenters. The Balaban J connectivity index is 1.80. The molecule has 0 unspecified atom stereocenters. The van der Waals surface area contributed by atoms with Gasteiger partial charge in [0.15, 0.2) is 10.8 Å². The number of aromatic amines is 1. The number of hydrogen-bond acceptors (Lipinski definition) is 7. The first-order valence-corrected chi connectivity index (χ1v) is 9.81. The van der Waals surface area contributed by atoms with E-state index >= 15 is 0 Å². The molecule has 9 heteroatoms. The van der Waals surface area contributed by atoms with Gasteiger partial charge >= 0.3 is 5.97 Å². The zero-order valence-electron chi connectivity index (χ0n) is 16.2. The molecule has 3 aromatic rings. The van der Waals surface area contributed by atoms with Gasteiger partial charge in [0.1, 0.15) is 0 Å². The Kier molecular flexibility index (Phi) is 6.28. The molecule has 29 heavy (non-hydrogen) atoms. The van der Waals surface area contributed by atoms with Crippen molar-refractivity contribution in [1.82, 2.24) is 20.3 Å². The highest BCUT2D eigenvalue weighted by atomic mass is 32.2. The van der Waals surface area contributed by atoms with Crippen LogP contribution in [0, 0.1) is 6.92 Å². The first-order chi connectivity index (χ1) is 13.9. The van der Waals surface area contributed by atoms with Crippen LogP contribution in [0.2, 0.25) is 0 Å². The molecular formula is C20H20N4O4S. The second kappa shape index (κ2) is 8.87. The van der Waals surface area contributed by atoms with Gasteiger partial charge in [0.05, 0.1) is 18.1 Å². The summed E-state index contributed by atoms with van der Waals surface area (Å²) >= 11 is 1.36. The predicted octanol–water partition coefficient (Wildman–Crippen LogP) is 2.34. The van der Waals surface area contributed by atoms with Crippen molar-refractivity contribution in [2.75, 3.05) is 7.11 Å². The van der Waals surface area contributed by atoms with Gasteiger partial charge in [-0.05, 0) is 24.1 Å². The van der Waals surface area contributed by atoms with Gasteiger partial charge in [-0.3, -0.25) is 9.59 Å². The molecule has 0 aliphatic heterocycles. The third kappa shape index (κ3) is 5.00. The van der Waals surface area contributed by atoms with Crippen molar-refractivity contribution in [2.24, 2.45) is 0 Å². The van der Waals surface area contributed by atoms with Crippen LogP contribution in [0.4, 0.5) is 0 Å². The van der Waals surface area contributed by atoms with E-state index in [2.05, 4.69) is 20.3 Å². The third-order valence-electron chi connectivity index (χ3n) is 4.13. The molecule has 1 aromatic carbocycles. The summed E-state index contributed by atoms with van der Waals surface area (Å²) in [6.45, 7) is 3.69. The van der Waals surface area contributed by atoms with Crippen molar-refractivity contribution in [2.45, 2.75) is 31.3 Å². The van der Waals surface area contributed by atoms with E-state index in [1.807, 2.05) is 24.3 Å². The fourth-order valence-corrected chi connectivity index (χ4v) is 3.53. The minimum atomic E-state index is -0.604. The first-order valence-electron chi connectivity index (χ1n) is 8.82. The normalized spacial score (nSPS) is 10.7. The van der Waals surface area contributed by atoms with Gasteiger partial charge < -0.3 is 15.0 Å². The van der Waals surface area contributed by atoms with Crippen LogP contribution >= 0.6 is 11.8 Å². The maximum atomic E-state index is 12.5. The summed E-state index contributed by atoms with van der Waals surface area (Å²) < 4.78 is 4.75. The van der Waals surface area contributed by atoms with Gasteiger partial charge in [0.2, 0.25) is 5.91 Å². The lowest BCUT2D eigenvalue weighted by Gasteiger charge is -2.07. The lowest BCUT2D eigenvalue weighted by Crippen LogP contribution is -2.18. The van der Waals surface area contributed by atoms with Crippen molar-refractivity contribution < 1.29 is 14.3 Å². The zero-order chi connectivity index (χ0) is 21.0. The number of ether oxygens (including phenoxy) is 1. The van der Waals surface area contributed by atoms with Crippen LogP contribution < -0.4 is 10.9 Å². The molecule has 0 bridgehead atoms. The molecular weight excluding hydrogens is 392 g/mol. The standard InChI is InChI=1S/C20H20N4O4S/c1-11-8-15(19(27)28-3)16-17(22-11)23-20(24-18(16)26)29-10-14-6-4-13(5-7-14)9-21-12(2)25/h4-8H,9-10H2,1-3H3,(H,21,25)(H,22,23,24,26). The monoisotopic (exact) mass is 412 g/mol. The van der Waals surface area contributed by atoms with E-state index in [1.54, 1.807) is 6.92 Å². The van der Waals surface area contributed by atoms with Gasteiger partial charge in [0, 0.05) is 24.9 Å². The molecule has 2 N–H and O–H groups in total. The van der Waals surface area contributed by atoms with Crippen LogP contribution in [0.3, 0.4) is 0 Å². The number of hydrogen-bond donors (Lipinski definition) is 2. The lowest BCUT2D eigenvalue weighted by atomic mass is 10.1. The van der Waals surface area contributed by atoms with E-state index in [0.717, 1.165) is 11.1 Å². The number of rotatable bonds is 6. The van der Waals surface area contributed by atoms with Crippen molar-refractivity contribution in [3.05, 3.63) is 63.1 Å². The Morgan fingerprint density at radius 1 is 1.17 bits per heavy atom. The number of benzene rings is 1. The predicted molar refractivity (Wildman–Crippen MR) is 110 cm³/mol. The van der Waals surface area contributed by atoms with E-state index in [-0.39, 0.29) is 22.5 Å². The van der Waals surface area contributed by atoms with Crippen LogP contribution in [0.1, 0.15) is 34.1 Å². The molecule has 0 aliphatic rings. The van der Waals surface area contributed by atoms with Crippen LogP contribution in [0.15, 0.2) is 40.3 Å². The largest absolute Gasteiger partial charge is 0.465 e. The summed E-state index contributed by atoms with van der Waals surface area (Å²) in [5.74, 6) is -0.0902. The number of nitrogens with one attached hydrogen (secondary N) is 2. The molecule has 0 fully saturated rings. The summed E-state index contributed by atoms with van der Waals surface area (Å²) in [7, 11) is 1.26. The van der Waals surface area contributed by atoms with Crippen LogP contribution in [-0.2, 0) is 21.8 Å². The molecule has 8 nitrogen and oxygen atoms in total. The van der Waals surface area contributed by atoms with E-state index in [0.29, 0.717) is 23.1 Å². The van der Waals surface area contributed by atoms with Crippen LogP contribution in [-0.4, -0.2) is 33.9 Å². The van der Waals surface area contributed by atoms with Crippen molar-refractivity contribution in [3.8, 4) is 0 Å². The minimum absolute atomic E-state index is 0.0739. The number of thioether (sulfide) groups is 1. The van der Waals surface area contributed by atoms with Crippen molar-refractivity contribution in [1.29, 1.82) is 0 Å². The molecule has 2 aromatic heterocycles. The summed E-state index contributed by atoms with van der Waals surface area (Å²) in [5, 5.41) is 3.28. The van der Waals surface area contributed by atoms with E-state index in [1.165, 1.54) is 31.9 Å². The number of methoxy groups -OCH3 is 1. The summed E-state index contributed by atoms with van der Waals surface area (Å²) in [5.41, 5.74) is 2.54. The summed E-state index contributed by atoms with van der Waals surface area (Å²) in [6.07, 6.45) is 0. The smallest absolute Gasteiger partial charge is 0.338 e. The molecule has 150 valence electrons. The molecule has 0 radical (unpaired) electrons. The number of aryl methyl sites for hydroxylation is 1. The van der Waals surface area contributed by atoms with E-state index < -0.39 is 11.5 Å². The fourth-order valence-electron chi connectivity index (χ4n) is 2.72. The highest BCUT2D eigenvalue weighted by Gasteiger charge is 2.17. The maximum Gasteiger partial charge on any atom is 0.338 e. The maximum absolute atomic E-state index is 12.5. The quantitative estimate of drug-likeness (QED) is 0.363. The van der Waals surface area contributed by atoms with Gasteiger partial charge in [-0.15, -0.1) is 0 Å². The number of carbonyl (C=O) groups is 2. The van der Waals surface area contributed by atoms with Crippen LogP contribution in [0.5, 0.6) is 0 Å². The Bertz CT molecular complexity index is 1130. The molecule has 2 heterocycles. The molecule has 1 amide bonds. The fraction of sp³-hybridized carbons (Fsp3) is 0.250. The number of H-pyrrole nitrogens is 1. The second-order valence-corrected chi connectivity index (χ2v) is 7.35. The zero-order valence-corrected chi connectivity index (χ0v) is 17.1. The highest BCUT2D eigenvalue weighted by molar-refractivity contribution is 7.98. The Hall–Kier alpha value is -3.20. The van der Waals surface area contributed by atoms with Crippen molar-refractivity contribution >= 4 is 34.7 Å². The SMILES string of the molecule is COC(=O)c1cc(C)nc2nc(SCc3ccc(CNC(C)=O)cc3)[nH]c(=O)c12. The molecule has 3 rings (SSSR count). The first kappa shape index (κ1) is 20.5. The van der Waals surface area contributed by atoms with E-state index in [4.69, 9.17) is 4.74 Å². The highest BCUT2D eigenvalue weighted by Crippen LogP contribution is 2.21. The lowest BCUT2D eigenvalue weighted by molar-refractivity contribution is -0.119. The molecule has 0 aliphatic carbocycles. The molecule has 0 saturated carbocycles. The number of nitrogens with zero attached hydrogens (tertiary/aromatic N) is 2. The Morgan fingerprint density at radius 3 is 2.52 bits per heavy atom. The number of esters is 1. The van der Waals surface area contributed by atoms with Gasteiger partial charge in [0.25, 0.3) is 5.56 Å². The molecule has 0 spiro atoms. The second-order valence-electron chi connectivity index (χ2n) is 6.39. The Labute approximate surface area is 171 Å². The number of carbonyl (C=O) groups excluding carboxylic acids is 2. The number of amides is 1. The topological polar surface area (TPSA) is 114 Å². The van der Waals surface area contributed by atoms with Gasteiger partial charge in [-0.25, -0.2) is 14.8 Å². The summed E-state index contributed by atoms with van der Waals surface area (Å²) in [6, 6.07) is 9.31. The summed E-state index contributed by atoms with van der Waals surface area (Å²) in [4.78, 5) is 46.9. The minimum Gasteiger partial charge on any atom is -0.465 e. The third-order valence-corrected chi connectivity index (χ3v) is 5.07. The van der Waals surface area contributed by atoms with Gasteiger partial charge in [-0.1, -0.05) is 36.0 Å². The number of aromatic nitrogens is 3. The number of pyridine rings is 1. The van der Waals surface area contributed by atoms with Gasteiger partial charge in [-0.2, -0.15) is 0 Å². The Morgan fingerprint density at radius 2 is 1.86 bits per heavy atom. The van der Waals surface area contributed by atoms with E-state index in [9.17, 15) is 14.4 Å². The average Bonchev–Trinajstić information content (AvgIpc) is 2.69.